The minimum atomic E-state index is 0.522. The van der Waals surface area contributed by atoms with Gasteiger partial charge in [0, 0.05) is 24.8 Å². The Hall–Kier alpha value is -1.52. The van der Waals surface area contributed by atoms with E-state index >= 15 is 0 Å². The highest BCUT2D eigenvalue weighted by atomic mass is 35.5. The van der Waals surface area contributed by atoms with Crippen molar-refractivity contribution in [1.82, 2.24) is 9.97 Å². The molecule has 1 aliphatic rings. The zero-order chi connectivity index (χ0) is 16.4. The van der Waals surface area contributed by atoms with Crippen molar-refractivity contribution in [1.29, 1.82) is 0 Å². The molecule has 0 aliphatic carbocycles. The third kappa shape index (κ3) is 3.88. The van der Waals surface area contributed by atoms with Crippen LogP contribution < -0.4 is 10.2 Å². The number of halogens is 2. The molecule has 2 heterocycles. The molecule has 1 unspecified atom stereocenters. The van der Waals surface area contributed by atoms with Crippen molar-refractivity contribution in [3.8, 4) is 0 Å². The zero-order valence-corrected chi connectivity index (χ0v) is 14.8. The molecule has 1 saturated heterocycles. The van der Waals surface area contributed by atoms with Crippen LogP contribution in [-0.4, -0.2) is 23.1 Å². The number of aryl methyl sites for hydroxylation is 1. The Morgan fingerprint density at radius 2 is 1.96 bits per heavy atom. The molecule has 2 aromatic rings. The monoisotopic (exact) mass is 350 g/mol. The van der Waals surface area contributed by atoms with E-state index in [1.54, 1.807) is 12.1 Å². The van der Waals surface area contributed by atoms with Crippen LogP contribution in [0.5, 0.6) is 0 Å². The van der Waals surface area contributed by atoms with E-state index in [0.717, 1.165) is 24.6 Å². The number of hydrogen-bond donors (Lipinski definition) is 1. The molecule has 1 atom stereocenters. The first kappa shape index (κ1) is 16.3. The van der Waals surface area contributed by atoms with E-state index in [4.69, 9.17) is 23.2 Å². The fraction of sp³-hybridized carbons (Fsp3) is 0.412. The zero-order valence-electron chi connectivity index (χ0n) is 13.3. The molecule has 0 spiro atoms. The summed E-state index contributed by atoms with van der Waals surface area (Å²) in [5.74, 6) is 2.16. The van der Waals surface area contributed by atoms with Gasteiger partial charge in [-0.2, -0.15) is 4.98 Å². The van der Waals surface area contributed by atoms with E-state index in [-0.39, 0.29) is 0 Å². The Morgan fingerprint density at radius 1 is 1.22 bits per heavy atom. The summed E-state index contributed by atoms with van der Waals surface area (Å²) in [6.45, 7) is 6.32. The van der Waals surface area contributed by atoms with Crippen molar-refractivity contribution < 1.29 is 0 Å². The lowest BCUT2D eigenvalue weighted by molar-refractivity contribution is 0.444. The lowest BCUT2D eigenvalue weighted by atomic mass is 10.0. The summed E-state index contributed by atoms with van der Waals surface area (Å²) in [6.07, 6.45) is 2.48. The molecule has 23 heavy (non-hydrogen) atoms. The summed E-state index contributed by atoms with van der Waals surface area (Å²) in [7, 11) is 0. The third-order valence-electron chi connectivity index (χ3n) is 4.02. The normalized spacial score (nSPS) is 18.1. The van der Waals surface area contributed by atoms with Crippen LogP contribution >= 0.6 is 23.2 Å². The average Bonchev–Trinajstić information content (AvgIpc) is 2.51. The molecule has 0 bridgehead atoms. The third-order valence-corrected chi connectivity index (χ3v) is 4.65. The highest BCUT2D eigenvalue weighted by Gasteiger charge is 2.19. The molecular formula is C17H20Cl2N4. The van der Waals surface area contributed by atoms with Gasteiger partial charge < -0.3 is 10.2 Å². The van der Waals surface area contributed by atoms with E-state index in [0.29, 0.717) is 27.6 Å². The standard InChI is InChI=1S/C17H20Cl2N4/c1-11-5-4-8-23(10-11)15-9-12(2)20-17(21-15)22-16-13(18)6-3-7-14(16)19/h3,6-7,9,11H,4-5,8,10H2,1-2H3,(H,20,21,22). The Kier molecular flexibility index (Phi) is 4.93. The highest BCUT2D eigenvalue weighted by Crippen LogP contribution is 2.32. The van der Waals surface area contributed by atoms with Gasteiger partial charge in [-0.25, -0.2) is 4.98 Å². The van der Waals surface area contributed by atoms with Crippen LogP contribution in [0.2, 0.25) is 10.0 Å². The number of nitrogens with one attached hydrogen (secondary N) is 1. The molecule has 6 heteroatoms. The minimum absolute atomic E-state index is 0.522. The van der Waals surface area contributed by atoms with Crippen molar-refractivity contribution in [3.63, 3.8) is 0 Å². The van der Waals surface area contributed by atoms with Gasteiger partial charge in [0.05, 0.1) is 15.7 Å². The fourth-order valence-electron chi connectivity index (χ4n) is 2.90. The van der Waals surface area contributed by atoms with Crippen molar-refractivity contribution in [3.05, 3.63) is 40.0 Å². The van der Waals surface area contributed by atoms with Gasteiger partial charge in [-0.05, 0) is 37.8 Å². The van der Waals surface area contributed by atoms with Gasteiger partial charge in [-0.15, -0.1) is 0 Å². The smallest absolute Gasteiger partial charge is 0.229 e. The topological polar surface area (TPSA) is 41.1 Å². The molecule has 1 aliphatic heterocycles. The molecule has 1 aromatic carbocycles. The van der Waals surface area contributed by atoms with Gasteiger partial charge in [0.2, 0.25) is 5.95 Å². The maximum absolute atomic E-state index is 6.21. The van der Waals surface area contributed by atoms with Gasteiger partial charge >= 0.3 is 0 Å². The molecule has 0 radical (unpaired) electrons. The number of aromatic nitrogens is 2. The van der Waals surface area contributed by atoms with Crippen LogP contribution in [0.15, 0.2) is 24.3 Å². The number of rotatable bonds is 3. The number of anilines is 3. The van der Waals surface area contributed by atoms with Crippen LogP contribution in [0.4, 0.5) is 17.5 Å². The first-order valence-corrected chi connectivity index (χ1v) is 8.60. The van der Waals surface area contributed by atoms with Crippen LogP contribution in [0.1, 0.15) is 25.5 Å². The van der Waals surface area contributed by atoms with Crippen molar-refractivity contribution >= 4 is 40.7 Å². The maximum Gasteiger partial charge on any atom is 0.229 e. The molecule has 1 N–H and O–H groups in total. The largest absolute Gasteiger partial charge is 0.356 e. The number of nitrogens with zero attached hydrogens (tertiary/aromatic N) is 3. The van der Waals surface area contributed by atoms with Gasteiger partial charge in [-0.3, -0.25) is 0 Å². The molecule has 3 rings (SSSR count). The van der Waals surface area contributed by atoms with Crippen molar-refractivity contribution in [2.75, 3.05) is 23.3 Å². The summed E-state index contributed by atoms with van der Waals surface area (Å²) >= 11 is 12.4. The summed E-state index contributed by atoms with van der Waals surface area (Å²) in [5.41, 5.74) is 1.55. The van der Waals surface area contributed by atoms with Crippen LogP contribution in [-0.2, 0) is 0 Å². The second kappa shape index (κ2) is 6.93. The first-order valence-electron chi connectivity index (χ1n) is 7.84. The van der Waals surface area contributed by atoms with E-state index in [1.165, 1.54) is 12.8 Å². The van der Waals surface area contributed by atoms with Gasteiger partial charge in [-0.1, -0.05) is 36.2 Å². The summed E-state index contributed by atoms with van der Waals surface area (Å²) in [6, 6.07) is 7.42. The summed E-state index contributed by atoms with van der Waals surface area (Å²) < 4.78 is 0. The van der Waals surface area contributed by atoms with Gasteiger partial charge in [0.25, 0.3) is 0 Å². The summed E-state index contributed by atoms with van der Waals surface area (Å²) in [5, 5.41) is 4.26. The molecule has 122 valence electrons. The Bertz CT molecular complexity index is 685. The number of benzene rings is 1. The highest BCUT2D eigenvalue weighted by molar-refractivity contribution is 6.39. The van der Waals surface area contributed by atoms with Crippen molar-refractivity contribution in [2.45, 2.75) is 26.7 Å². The van der Waals surface area contributed by atoms with Crippen LogP contribution in [0.25, 0.3) is 0 Å². The van der Waals surface area contributed by atoms with Crippen molar-refractivity contribution in [2.24, 2.45) is 5.92 Å². The van der Waals surface area contributed by atoms with Crippen LogP contribution in [0.3, 0.4) is 0 Å². The van der Waals surface area contributed by atoms with E-state index in [9.17, 15) is 0 Å². The molecule has 1 fully saturated rings. The number of para-hydroxylation sites is 1. The minimum Gasteiger partial charge on any atom is -0.356 e. The maximum atomic E-state index is 6.21. The SMILES string of the molecule is Cc1cc(N2CCCC(C)C2)nc(Nc2c(Cl)cccc2Cl)n1. The van der Waals surface area contributed by atoms with Gasteiger partial charge in [0.1, 0.15) is 5.82 Å². The van der Waals surface area contributed by atoms with E-state index < -0.39 is 0 Å². The van der Waals surface area contributed by atoms with E-state index in [2.05, 4.69) is 27.1 Å². The molecule has 4 nitrogen and oxygen atoms in total. The Labute approximate surface area is 146 Å². The predicted octanol–water partition coefficient (Wildman–Crippen LogP) is 5.07. The lowest BCUT2D eigenvalue weighted by Gasteiger charge is -2.32. The lowest BCUT2D eigenvalue weighted by Crippen LogP contribution is -2.35. The first-order chi connectivity index (χ1) is 11.0. The molecule has 0 saturated carbocycles. The predicted molar refractivity (Wildman–Crippen MR) is 97.1 cm³/mol. The number of hydrogen-bond acceptors (Lipinski definition) is 4. The van der Waals surface area contributed by atoms with Gasteiger partial charge in [0.15, 0.2) is 0 Å². The number of piperidine rings is 1. The second-order valence-corrected chi connectivity index (χ2v) is 6.92. The average molecular weight is 351 g/mol. The molecule has 0 amide bonds. The summed E-state index contributed by atoms with van der Waals surface area (Å²) in [4.78, 5) is 11.4. The molecule has 1 aromatic heterocycles. The Balaban J connectivity index is 1.88. The van der Waals surface area contributed by atoms with Crippen LogP contribution in [0, 0.1) is 12.8 Å². The second-order valence-electron chi connectivity index (χ2n) is 6.11. The quantitative estimate of drug-likeness (QED) is 0.838. The fourth-order valence-corrected chi connectivity index (χ4v) is 3.39. The van der Waals surface area contributed by atoms with E-state index in [1.807, 2.05) is 19.1 Å². The Morgan fingerprint density at radius 3 is 2.65 bits per heavy atom. The molecular weight excluding hydrogens is 331 g/mol.